The zero-order valence-electron chi connectivity index (χ0n) is 18.2. The van der Waals surface area contributed by atoms with E-state index < -0.39 is 32.0 Å². The number of sulfonamides is 2. The van der Waals surface area contributed by atoms with E-state index in [-0.39, 0.29) is 44.1 Å². The fourth-order valence-corrected chi connectivity index (χ4v) is 5.15. The molecule has 0 spiro atoms. The molecule has 14 heteroatoms. The Kier molecular flexibility index (Phi) is 11.1. The third kappa shape index (κ3) is 9.75. The highest BCUT2D eigenvalue weighted by Crippen LogP contribution is 2.22. The number of benzene rings is 2. The molecular weight excluding hydrogens is 531 g/mol. The van der Waals surface area contributed by atoms with E-state index in [1.165, 1.54) is 36.4 Å². The van der Waals surface area contributed by atoms with Crippen molar-refractivity contribution in [3.8, 4) is 0 Å². The van der Waals surface area contributed by atoms with Crippen molar-refractivity contribution < 1.29 is 36.6 Å². The van der Waals surface area contributed by atoms with Gasteiger partial charge in [-0.2, -0.15) is 0 Å². The van der Waals surface area contributed by atoms with Gasteiger partial charge < -0.3 is 10.2 Å². The summed E-state index contributed by atoms with van der Waals surface area (Å²) >= 11 is 11.3. The molecule has 4 N–H and O–H groups in total. The van der Waals surface area contributed by atoms with Gasteiger partial charge in [-0.3, -0.25) is 9.44 Å². The first-order valence-corrected chi connectivity index (χ1v) is 13.8. The van der Waals surface area contributed by atoms with Crippen LogP contribution in [0.25, 0.3) is 0 Å². The lowest BCUT2D eigenvalue weighted by Crippen LogP contribution is -2.16. The summed E-state index contributed by atoms with van der Waals surface area (Å²) in [5.41, 5.74) is 0.118. The average Bonchev–Trinajstić information content (AvgIpc) is 2.70. The van der Waals surface area contributed by atoms with Crippen LogP contribution in [0.15, 0.2) is 36.4 Å². The van der Waals surface area contributed by atoms with Crippen LogP contribution in [0, 0.1) is 0 Å². The number of carbonyl (C=O) groups is 2. The molecule has 0 aromatic heterocycles. The number of rotatable bonds is 10. The first-order chi connectivity index (χ1) is 15.7. The molecule has 0 aliphatic heterocycles. The molecule has 2 aromatic carbocycles. The number of hydrogen-bond donors (Lipinski definition) is 4. The highest BCUT2D eigenvalue weighted by molar-refractivity contribution is 7.92. The SMILES string of the molecule is CCCS(=O)(=O)Nc1ccc(Cl)c(C(=O)O)c1.CCCS(=O)(=O)Nc1ccc(Cl)c(C(=O)O)c1. The fraction of sp³-hybridized carbons (Fsp3) is 0.300. The molecule has 188 valence electrons. The molecule has 0 atom stereocenters. The number of carboxylic acid groups (broad SMARTS) is 2. The van der Waals surface area contributed by atoms with Crippen molar-refractivity contribution in [3.63, 3.8) is 0 Å². The predicted molar refractivity (Wildman–Crippen MR) is 132 cm³/mol. The van der Waals surface area contributed by atoms with Crippen LogP contribution in [0.2, 0.25) is 10.0 Å². The standard InChI is InChI=1S/2C10H12ClNO4S/c2*1-2-5-17(15,16)12-7-3-4-9(11)8(6-7)10(13)14/h2*3-4,6,12H,2,5H2,1H3,(H,13,14). The summed E-state index contributed by atoms with van der Waals surface area (Å²) in [6.07, 6.45) is 0.962. The topological polar surface area (TPSA) is 167 Å². The van der Waals surface area contributed by atoms with Crippen molar-refractivity contribution in [1.29, 1.82) is 0 Å². The van der Waals surface area contributed by atoms with Crippen LogP contribution in [0.4, 0.5) is 11.4 Å². The van der Waals surface area contributed by atoms with E-state index in [0.717, 1.165) is 0 Å². The predicted octanol–water partition coefficient (Wildman–Crippen LogP) is 4.38. The van der Waals surface area contributed by atoms with Crippen molar-refractivity contribution in [2.45, 2.75) is 26.7 Å². The van der Waals surface area contributed by atoms with E-state index in [2.05, 4.69) is 9.44 Å². The number of halogens is 2. The lowest BCUT2D eigenvalue weighted by molar-refractivity contribution is 0.0686. The van der Waals surface area contributed by atoms with Crippen molar-refractivity contribution in [2.75, 3.05) is 20.9 Å². The van der Waals surface area contributed by atoms with Gasteiger partial charge in [0.1, 0.15) is 0 Å². The van der Waals surface area contributed by atoms with Gasteiger partial charge in [0.05, 0.1) is 32.7 Å². The van der Waals surface area contributed by atoms with Crippen molar-refractivity contribution >= 4 is 66.6 Å². The van der Waals surface area contributed by atoms with Crippen LogP contribution >= 0.6 is 23.2 Å². The molecule has 0 aliphatic carbocycles. The molecule has 0 saturated carbocycles. The zero-order valence-corrected chi connectivity index (χ0v) is 21.4. The number of anilines is 2. The quantitative estimate of drug-likeness (QED) is 0.335. The Morgan fingerprint density at radius 2 is 1.06 bits per heavy atom. The minimum absolute atomic E-state index is 0.0158. The van der Waals surface area contributed by atoms with Gasteiger partial charge in [-0.05, 0) is 49.2 Å². The number of aromatic carboxylic acids is 2. The molecule has 0 aliphatic rings. The summed E-state index contributed by atoms with van der Waals surface area (Å²) in [6.45, 7) is 3.48. The third-order valence-corrected chi connectivity index (χ3v) is 7.53. The van der Waals surface area contributed by atoms with Crippen LogP contribution in [-0.2, 0) is 20.0 Å². The first-order valence-electron chi connectivity index (χ1n) is 9.78. The van der Waals surface area contributed by atoms with Crippen LogP contribution in [0.1, 0.15) is 47.4 Å². The maximum Gasteiger partial charge on any atom is 0.337 e. The zero-order chi connectivity index (χ0) is 26.1. The monoisotopic (exact) mass is 554 g/mol. The van der Waals surface area contributed by atoms with Crippen LogP contribution in [0.5, 0.6) is 0 Å². The Bertz CT molecular complexity index is 1150. The van der Waals surface area contributed by atoms with Gasteiger partial charge in [0, 0.05) is 11.4 Å². The van der Waals surface area contributed by atoms with Gasteiger partial charge in [0.15, 0.2) is 0 Å². The summed E-state index contributed by atoms with van der Waals surface area (Å²) in [5, 5.41) is 17.8. The second-order valence-electron chi connectivity index (χ2n) is 6.84. The molecule has 0 unspecified atom stereocenters. The van der Waals surface area contributed by atoms with E-state index in [4.69, 9.17) is 33.4 Å². The van der Waals surface area contributed by atoms with E-state index >= 15 is 0 Å². The van der Waals surface area contributed by atoms with Gasteiger partial charge in [-0.1, -0.05) is 37.0 Å². The lowest BCUT2D eigenvalue weighted by atomic mass is 10.2. The summed E-state index contributed by atoms with van der Waals surface area (Å²) < 4.78 is 50.5. The van der Waals surface area contributed by atoms with E-state index in [0.29, 0.717) is 12.8 Å². The molecule has 2 aromatic rings. The third-order valence-electron chi connectivity index (χ3n) is 3.89. The van der Waals surface area contributed by atoms with Crippen molar-refractivity contribution in [1.82, 2.24) is 0 Å². The highest BCUT2D eigenvalue weighted by atomic mass is 35.5. The van der Waals surface area contributed by atoms with Crippen LogP contribution < -0.4 is 9.44 Å². The van der Waals surface area contributed by atoms with Gasteiger partial charge >= 0.3 is 11.9 Å². The summed E-state index contributed by atoms with van der Waals surface area (Å²) in [4.78, 5) is 21.6. The molecule has 0 heterocycles. The van der Waals surface area contributed by atoms with Gasteiger partial charge in [0.2, 0.25) is 20.0 Å². The summed E-state index contributed by atoms with van der Waals surface area (Å²) in [6, 6.07) is 7.91. The molecule has 0 saturated heterocycles. The van der Waals surface area contributed by atoms with Crippen LogP contribution in [0.3, 0.4) is 0 Å². The molecule has 0 fully saturated rings. The van der Waals surface area contributed by atoms with Gasteiger partial charge in [-0.25, -0.2) is 26.4 Å². The van der Waals surface area contributed by atoms with Crippen molar-refractivity contribution in [3.05, 3.63) is 57.6 Å². The lowest BCUT2D eigenvalue weighted by Gasteiger charge is -2.08. The van der Waals surface area contributed by atoms with Gasteiger partial charge in [0.25, 0.3) is 0 Å². The average molecular weight is 555 g/mol. The Labute approximate surface area is 208 Å². The number of hydrogen-bond acceptors (Lipinski definition) is 6. The first kappa shape index (κ1) is 29.5. The molecule has 0 radical (unpaired) electrons. The second kappa shape index (κ2) is 12.8. The maximum absolute atomic E-state index is 11.5. The highest BCUT2D eigenvalue weighted by Gasteiger charge is 2.14. The fourth-order valence-electron chi connectivity index (χ4n) is 2.50. The largest absolute Gasteiger partial charge is 0.478 e. The molecule has 2 rings (SSSR count). The summed E-state index contributed by atoms with van der Waals surface area (Å²) in [7, 11) is -6.85. The van der Waals surface area contributed by atoms with Crippen molar-refractivity contribution in [2.24, 2.45) is 0 Å². The molecule has 0 bridgehead atoms. The molecule has 0 amide bonds. The normalized spacial score (nSPS) is 11.2. The Morgan fingerprint density at radius 1 is 0.735 bits per heavy atom. The van der Waals surface area contributed by atoms with E-state index in [1.807, 2.05) is 0 Å². The van der Waals surface area contributed by atoms with Gasteiger partial charge in [-0.15, -0.1) is 0 Å². The number of carboxylic acids is 2. The second-order valence-corrected chi connectivity index (χ2v) is 11.3. The van der Waals surface area contributed by atoms with E-state index in [9.17, 15) is 26.4 Å². The Hall–Kier alpha value is -2.54. The maximum atomic E-state index is 11.5. The minimum Gasteiger partial charge on any atom is -0.478 e. The minimum atomic E-state index is -3.43. The van der Waals surface area contributed by atoms with E-state index in [1.54, 1.807) is 13.8 Å². The summed E-state index contributed by atoms with van der Waals surface area (Å²) in [5.74, 6) is -2.44. The van der Waals surface area contributed by atoms with Crippen LogP contribution in [-0.4, -0.2) is 50.5 Å². The molecular formula is C20H24Cl2N2O8S2. The molecule has 10 nitrogen and oxygen atoms in total. The molecule has 34 heavy (non-hydrogen) atoms. The Morgan fingerprint density at radius 3 is 1.32 bits per heavy atom. The Balaban J connectivity index is 0.000000340. The number of nitrogens with one attached hydrogen (secondary N) is 2. The smallest absolute Gasteiger partial charge is 0.337 e.